The Morgan fingerprint density at radius 3 is 2.74 bits per heavy atom. The van der Waals surface area contributed by atoms with Crippen molar-refractivity contribution in [1.82, 2.24) is 19.7 Å². The molecule has 6 heteroatoms. The molecule has 1 unspecified atom stereocenters. The fraction of sp³-hybridized carbons (Fsp3) is 0.471. The van der Waals surface area contributed by atoms with Gasteiger partial charge in [-0.3, -0.25) is 0 Å². The predicted molar refractivity (Wildman–Crippen MR) is 95.6 cm³/mol. The van der Waals surface area contributed by atoms with Crippen LogP contribution in [0.5, 0.6) is 0 Å². The van der Waals surface area contributed by atoms with Crippen molar-refractivity contribution in [2.24, 2.45) is 5.92 Å². The van der Waals surface area contributed by atoms with Gasteiger partial charge in [0.1, 0.15) is 10.8 Å². The molecule has 0 radical (unpaired) electrons. The lowest BCUT2D eigenvalue weighted by Crippen LogP contribution is -2.08. The van der Waals surface area contributed by atoms with Crippen molar-refractivity contribution < 1.29 is 0 Å². The van der Waals surface area contributed by atoms with Crippen LogP contribution < -0.4 is 5.73 Å². The topological polar surface area (TPSA) is 69.6 Å². The normalized spacial score (nSPS) is 18.0. The molecule has 0 amide bonds. The monoisotopic (exact) mass is 329 g/mol. The molecule has 2 N–H and O–H groups in total. The number of aromatic nitrogens is 4. The van der Waals surface area contributed by atoms with Gasteiger partial charge in [0.2, 0.25) is 0 Å². The highest BCUT2D eigenvalue weighted by atomic mass is 32.2. The standard InChI is InChI=1S/C17H23N5S/c1-3-5-12-6-8-13(9-7-12)14-15(18)22(21-16(14)23-2)17-19-10-4-11-20-17/h4,8,10-12H,3,5-7,9,18H2,1-2H3. The van der Waals surface area contributed by atoms with Crippen molar-refractivity contribution in [2.75, 3.05) is 12.0 Å². The minimum Gasteiger partial charge on any atom is -0.383 e. The van der Waals surface area contributed by atoms with Crippen LogP contribution in [0, 0.1) is 5.92 Å². The molecular weight excluding hydrogens is 306 g/mol. The maximum absolute atomic E-state index is 6.40. The number of nitrogens with two attached hydrogens (primary N) is 1. The predicted octanol–water partition coefficient (Wildman–Crippen LogP) is 3.95. The third-order valence-corrected chi connectivity index (χ3v) is 5.03. The average Bonchev–Trinajstić information content (AvgIpc) is 2.93. The van der Waals surface area contributed by atoms with E-state index in [2.05, 4.69) is 28.1 Å². The fourth-order valence-corrected chi connectivity index (χ4v) is 3.80. The van der Waals surface area contributed by atoms with E-state index in [0.717, 1.165) is 29.3 Å². The zero-order valence-electron chi connectivity index (χ0n) is 13.7. The van der Waals surface area contributed by atoms with Gasteiger partial charge in [-0.1, -0.05) is 25.8 Å². The summed E-state index contributed by atoms with van der Waals surface area (Å²) in [4.78, 5) is 8.52. The summed E-state index contributed by atoms with van der Waals surface area (Å²) in [7, 11) is 0. The first-order valence-corrected chi connectivity index (χ1v) is 9.36. The molecule has 0 spiro atoms. The van der Waals surface area contributed by atoms with Crippen LogP contribution in [0.3, 0.4) is 0 Å². The SMILES string of the molecule is CCCC1CC=C(c2c(SC)nn(-c3ncccn3)c2N)CC1. The quantitative estimate of drug-likeness (QED) is 0.841. The van der Waals surface area contributed by atoms with Crippen LogP contribution in [0.1, 0.15) is 44.6 Å². The second-order valence-electron chi connectivity index (χ2n) is 5.89. The minimum absolute atomic E-state index is 0.520. The first-order chi connectivity index (χ1) is 11.2. The lowest BCUT2D eigenvalue weighted by molar-refractivity contribution is 0.445. The molecule has 2 heterocycles. The number of hydrogen-bond donors (Lipinski definition) is 1. The summed E-state index contributed by atoms with van der Waals surface area (Å²) < 4.78 is 1.65. The van der Waals surface area contributed by atoms with Crippen molar-refractivity contribution >= 4 is 23.2 Å². The maximum atomic E-state index is 6.40. The summed E-state index contributed by atoms with van der Waals surface area (Å²) in [5.74, 6) is 1.97. The minimum atomic E-state index is 0.520. The first kappa shape index (κ1) is 16.1. The van der Waals surface area contributed by atoms with Gasteiger partial charge >= 0.3 is 0 Å². The number of allylic oxidation sites excluding steroid dienone is 2. The Balaban J connectivity index is 1.95. The number of anilines is 1. The van der Waals surface area contributed by atoms with Crippen LogP contribution in [0.25, 0.3) is 11.5 Å². The van der Waals surface area contributed by atoms with E-state index in [1.807, 2.05) is 6.26 Å². The summed E-state index contributed by atoms with van der Waals surface area (Å²) in [6, 6.07) is 1.79. The molecule has 1 aliphatic rings. The van der Waals surface area contributed by atoms with E-state index in [0.29, 0.717) is 11.8 Å². The van der Waals surface area contributed by atoms with E-state index in [9.17, 15) is 0 Å². The van der Waals surface area contributed by atoms with Gasteiger partial charge < -0.3 is 5.73 Å². The first-order valence-electron chi connectivity index (χ1n) is 8.13. The number of rotatable bonds is 5. The number of hydrogen-bond acceptors (Lipinski definition) is 5. The highest BCUT2D eigenvalue weighted by molar-refractivity contribution is 7.98. The maximum Gasteiger partial charge on any atom is 0.252 e. The molecule has 0 aliphatic heterocycles. The van der Waals surface area contributed by atoms with Gasteiger partial charge in [0.15, 0.2) is 0 Å². The highest BCUT2D eigenvalue weighted by Gasteiger charge is 2.23. The van der Waals surface area contributed by atoms with E-state index in [1.54, 1.807) is 34.9 Å². The number of nitrogen functional groups attached to an aromatic ring is 1. The summed E-state index contributed by atoms with van der Waals surface area (Å²) in [5.41, 5.74) is 8.79. The van der Waals surface area contributed by atoms with E-state index in [-0.39, 0.29) is 0 Å². The molecule has 0 aromatic carbocycles. The van der Waals surface area contributed by atoms with Gasteiger partial charge in [0.25, 0.3) is 5.95 Å². The van der Waals surface area contributed by atoms with Crippen molar-refractivity contribution in [1.29, 1.82) is 0 Å². The third-order valence-electron chi connectivity index (χ3n) is 4.36. The van der Waals surface area contributed by atoms with Gasteiger partial charge in [0.05, 0.1) is 5.56 Å². The number of nitrogens with zero attached hydrogens (tertiary/aromatic N) is 4. The zero-order valence-corrected chi connectivity index (χ0v) is 14.5. The van der Waals surface area contributed by atoms with Crippen LogP contribution in [0.2, 0.25) is 0 Å². The van der Waals surface area contributed by atoms with Gasteiger partial charge in [0, 0.05) is 12.4 Å². The van der Waals surface area contributed by atoms with E-state index >= 15 is 0 Å². The molecule has 0 saturated carbocycles. The van der Waals surface area contributed by atoms with Crippen LogP contribution in [0.15, 0.2) is 29.6 Å². The lowest BCUT2D eigenvalue weighted by atomic mass is 9.85. The summed E-state index contributed by atoms with van der Waals surface area (Å²) in [5, 5.41) is 5.57. The lowest BCUT2D eigenvalue weighted by Gasteiger charge is -2.21. The summed E-state index contributed by atoms with van der Waals surface area (Å²) in [6.45, 7) is 2.26. The fourth-order valence-electron chi connectivity index (χ4n) is 3.19. The van der Waals surface area contributed by atoms with Crippen LogP contribution >= 0.6 is 11.8 Å². The third kappa shape index (κ3) is 3.27. The Kier molecular flexibility index (Phi) is 5.00. The van der Waals surface area contributed by atoms with Crippen LogP contribution in [-0.4, -0.2) is 26.0 Å². The molecule has 0 fully saturated rings. The zero-order chi connectivity index (χ0) is 16.2. The second-order valence-corrected chi connectivity index (χ2v) is 6.68. The van der Waals surface area contributed by atoms with Crippen LogP contribution in [0.4, 0.5) is 5.82 Å². The Morgan fingerprint density at radius 2 is 2.13 bits per heavy atom. The Morgan fingerprint density at radius 1 is 1.35 bits per heavy atom. The number of thioether (sulfide) groups is 1. The van der Waals surface area contributed by atoms with E-state index < -0.39 is 0 Å². The molecule has 0 bridgehead atoms. The molecular formula is C17H23N5S. The molecule has 122 valence electrons. The molecule has 5 nitrogen and oxygen atoms in total. The van der Waals surface area contributed by atoms with Gasteiger partial charge in [-0.25, -0.2) is 9.97 Å². The van der Waals surface area contributed by atoms with Gasteiger partial charge in [-0.2, -0.15) is 9.78 Å². The van der Waals surface area contributed by atoms with Gasteiger partial charge in [-0.15, -0.1) is 11.8 Å². The Hall–Kier alpha value is -1.82. The highest BCUT2D eigenvalue weighted by Crippen LogP contribution is 2.39. The van der Waals surface area contributed by atoms with Crippen molar-refractivity contribution in [2.45, 2.75) is 44.1 Å². The molecule has 1 aliphatic carbocycles. The average molecular weight is 329 g/mol. The molecule has 0 saturated heterocycles. The Bertz CT molecular complexity index is 693. The van der Waals surface area contributed by atoms with Crippen molar-refractivity contribution in [3.8, 4) is 5.95 Å². The van der Waals surface area contributed by atoms with Gasteiger partial charge in [-0.05, 0) is 43.1 Å². The van der Waals surface area contributed by atoms with Crippen molar-refractivity contribution in [3.05, 3.63) is 30.1 Å². The smallest absolute Gasteiger partial charge is 0.252 e. The van der Waals surface area contributed by atoms with Crippen LogP contribution in [-0.2, 0) is 0 Å². The van der Waals surface area contributed by atoms with E-state index in [4.69, 9.17) is 5.73 Å². The second kappa shape index (κ2) is 7.17. The molecule has 2 aromatic heterocycles. The Labute approximate surface area is 141 Å². The summed E-state index contributed by atoms with van der Waals surface area (Å²) in [6.07, 6.45) is 13.8. The largest absolute Gasteiger partial charge is 0.383 e. The molecule has 3 rings (SSSR count). The molecule has 23 heavy (non-hydrogen) atoms. The van der Waals surface area contributed by atoms with E-state index in [1.165, 1.54) is 24.8 Å². The molecule has 2 aromatic rings. The summed E-state index contributed by atoms with van der Waals surface area (Å²) >= 11 is 1.62. The van der Waals surface area contributed by atoms with Crippen molar-refractivity contribution in [3.63, 3.8) is 0 Å². The molecule has 1 atom stereocenters.